The second-order valence-electron chi connectivity index (χ2n) is 4.48. The van der Waals surface area contributed by atoms with Crippen LogP contribution in [0.15, 0.2) is 24.4 Å². The predicted molar refractivity (Wildman–Crippen MR) is 64.4 cm³/mol. The Morgan fingerprint density at radius 1 is 1.61 bits per heavy atom. The number of rotatable bonds is 4. The molecule has 5 heteroatoms. The van der Waals surface area contributed by atoms with Crippen LogP contribution in [0.5, 0.6) is 0 Å². The lowest BCUT2D eigenvalue weighted by Crippen LogP contribution is -2.53. The molecule has 94 valence electrons. The molecular formula is C13H15N3O2. The first-order valence-electron chi connectivity index (χ1n) is 5.82. The minimum Gasteiger partial charge on any atom is -0.377 e. The lowest BCUT2D eigenvalue weighted by atomic mass is 9.86. The highest BCUT2D eigenvalue weighted by atomic mass is 16.5. The van der Waals surface area contributed by atoms with Crippen molar-refractivity contribution in [3.63, 3.8) is 0 Å². The molecule has 1 saturated heterocycles. The Morgan fingerprint density at radius 2 is 2.39 bits per heavy atom. The van der Waals surface area contributed by atoms with Gasteiger partial charge in [0.15, 0.2) is 5.41 Å². The van der Waals surface area contributed by atoms with Gasteiger partial charge in [-0.1, -0.05) is 6.07 Å². The number of nitriles is 1. The number of hydrogen-bond donors (Lipinski definition) is 0. The summed E-state index contributed by atoms with van der Waals surface area (Å²) < 4.78 is 4.98. The van der Waals surface area contributed by atoms with E-state index in [1.54, 1.807) is 18.1 Å². The molecule has 1 aliphatic rings. The van der Waals surface area contributed by atoms with Crippen molar-refractivity contribution in [3.8, 4) is 6.07 Å². The van der Waals surface area contributed by atoms with Gasteiger partial charge in [0.2, 0.25) is 5.91 Å². The van der Waals surface area contributed by atoms with Gasteiger partial charge in [0, 0.05) is 31.9 Å². The van der Waals surface area contributed by atoms with Crippen LogP contribution < -0.4 is 0 Å². The molecule has 0 aromatic carbocycles. The first-order chi connectivity index (χ1) is 8.68. The van der Waals surface area contributed by atoms with E-state index >= 15 is 0 Å². The maximum atomic E-state index is 12.1. The lowest BCUT2D eigenvalue weighted by Gasteiger charge is -2.36. The Kier molecular flexibility index (Phi) is 3.58. The van der Waals surface area contributed by atoms with Crippen molar-refractivity contribution >= 4 is 5.91 Å². The minimum absolute atomic E-state index is 0.160. The van der Waals surface area contributed by atoms with Crippen LogP contribution in [0, 0.1) is 16.7 Å². The van der Waals surface area contributed by atoms with Gasteiger partial charge < -0.3 is 9.64 Å². The molecule has 1 aromatic heterocycles. The normalized spacial score (nSPS) is 16.4. The fourth-order valence-corrected chi connectivity index (χ4v) is 1.84. The molecule has 0 aliphatic carbocycles. The average molecular weight is 245 g/mol. The summed E-state index contributed by atoms with van der Waals surface area (Å²) in [6.45, 7) is 0.964. The summed E-state index contributed by atoms with van der Waals surface area (Å²) in [6.07, 6.45) is 2.42. The van der Waals surface area contributed by atoms with Crippen LogP contribution >= 0.6 is 0 Å². The number of aromatic nitrogens is 1. The van der Waals surface area contributed by atoms with Crippen LogP contribution in [0.1, 0.15) is 5.69 Å². The molecule has 18 heavy (non-hydrogen) atoms. The van der Waals surface area contributed by atoms with E-state index in [1.165, 1.54) is 0 Å². The SMILES string of the molecule is CN(CCc1ccccn1)C(=O)C1(C#N)COC1. The van der Waals surface area contributed by atoms with Crippen LogP contribution in [0.3, 0.4) is 0 Å². The molecule has 5 nitrogen and oxygen atoms in total. The van der Waals surface area contributed by atoms with E-state index in [0.29, 0.717) is 13.0 Å². The van der Waals surface area contributed by atoms with Crippen molar-refractivity contribution in [2.75, 3.05) is 26.8 Å². The van der Waals surface area contributed by atoms with E-state index in [0.717, 1.165) is 5.69 Å². The molecule has 1 amide bonds. The van der Waals surface area contributed by atoms with Gasteiger partial charge in [0.25, 0.3) is 0 Å². The number of likely N-dealkylation sites (N-methyl/N-ethyl adjacent to an activating group) is 1. The zero-order valence-electron chi connectivity index (χ0n) is 10.3. The van der Waals surface area contributed by atoms with Crippen molar-refractivity contribution in [1.29, 1.82) is 5.26 Å². The van der Waals surface area contributed by atoms with Gasteiger partial charge >= 0.3 is 0 Å². The van der Waals surface area contributed by atoms with Gasteiger partial charge in [-0.15, -0.1) is 0 Å². The predicted octanol–water partition coefficient (Wildman–Crippen LogP) is 0.623. The van der Waals surface area contributed by atoms with Crippen molar-refractivity contribution in [2.24, 2.45) is 5.41 Å². The highest BCUT2D eigenvalue weighted by molar-refractivity contribution is 5.86. The first kappa shape index (κ1) is 12.5. The fourth-order valence-electron chi connectivity index (χ4n) is 1.84. The van der Waals surface area contributed by atoms with Crippen molar-refractivity contribution in [1.82, 2.24) is 9.88 Å². The van der Waals surface area contributed by atoms with Crippen molar-refractivity contribution in [2.45, 2.75) is 6.42 Å². The third-order valence-corrected chi connectivity index (χ3v) is 3.10. The number of pyridine rings is 1. The summed E-state index contributed by atoms with van der Waals surface area (Å²) >= 11 is 0. The number of carbonyl (C=O) groups excluding carboxylic acids is 1. The molecule has 0 bridgehead atoms. The first-order valence-corrected chi connectivity index (χ1v) is 5.82. The van der Waals surface area contributed by atoms with Gasteiger partial charge in [0.1, 0.15) is 0 Å². The molecule has 1 aromatic rings. The summed E-state index contributed by atoms with van der Waals surface area (Å²) in [5.41, 5.74) is -0.0215. The zero-order chi connectivity index (χ0) is 13.0. The molecule has 0 saturated carbocycles. The molecular weight excluding hydrogens is 230 g/mol. The quantitative estimate of drug-likeness (QED) is 0.780. The third kappa shape index (κ3) is 2.34. The molecule has 0 N–H and O–H groups in total. The zero-order valence-corrected chi connectivity index (χ0v) is 10.3. The third-order valence-electron chi connectivity index (χ3n) is 3.10. The Bertz CT molecular complexity index is 463. The summed E-state index contributed by atoms with van der Waals surface area (Å²) in [6, 6.07) is 7.76. The second-order valence-corrected chi connectivity index (χ2v) is 4.48. The van der Waals surface area contributed by atoms with Gasteiger partial charge in [-0.2, -0.15) is 5.26 Å². The molecule has 2 rings (SSSR count). The highest BCUT2D eigenvalue weighted by Crippen LogP contribution is 2.28. The number of carbonyl (C=O) groups is 1. The second kappa shape index (κ2) is 5.15. The number of nitrogens with zero attached hydrogens (tertiary/aromatic N) is 3. The van der Waals surface area contributed by atoms with Crippen molar-refractivity contribution in [3.05, 3.63) is 30.1 Å². The lowest BCUT2D eigenvalue weighted by molar-refractivity contribution is -0.159. The van der Waals surface area contributed by atoms with E-state index in [1.807, 2.05) is 18.2 Å². The summed E-state index contributed by atoms with van der Waals surface area (Å²) in [4.78, 5) is 17.9. The van der Waals surface area contributed by atoms with Gasteiger partial charge in [-0.3, -0.25) is 9.78 Å². The summed E-state index contributed by atoms with van der Waals surface area (Å²) in [5, 5.41) is 9.05. The Labute approximate surface area is 106 Å². The van der Waals surface area contributed by atoms with E-state index in [-0.39, 0.29) is 19.1 Å². The Morgan fingerprint density at radius 3 is 2.89 bits per heavy atom. The van der Waals surface area contributed by atoms with E-state index < -0.39 is 5.41 Å². The topological polar surface area (TPSA) is 66.2 Å². The Hall–Kier alpha value is -1.93. The van der Waals surface area contributed by atoms with E-state index in [4.69, 9.17) is 10.00 Å². The highest BCUT2D eigenvalue weighted by Gasteiger charge is 2.47. The van der Waals surface area contributed by atoms with Crippen LogP contribution in [0.4, 0.5) is 0 Å². The van der Waals surface area contributed by atoms with E-state index in [2.05, 4.69) is 11.1 Å². The van der Waals surface area contributed by atoms with Crippen molar-refractivity contribution < 1.29 is 9.53 Å². The molecule has 0 radical (unpaired) electrons. The average Bonchev–Trinajstić information content (AvgIpc) is 2.36. The molecule has 2 heterocycles. The van der Waals surface area contributed by atoms with Crippen LogP contribution in [0.2, 0.25) is 0 Å². The number of hydrogen-bond acceptors (Lipinski definition) is 4. The van der Waals surface area contributed by atoms with E-state index in [9.17, 15) is 4.79 Å². The summed E-state index contributed by atoms with van der Waals surface area (Å²) in [5.74, 6) is -0.160. The monoisotopic (exact) mass is 245 g/mol. The standard InChI is InChI=1S/C13H15N3O2/c1-16(7-5-11-4-2-3-6-15-11)12(17)13(8-14)9-18-10-13/h2-4,6H,5,7,9-10H2,1H3. The van der Waals surface area contributed by atoms with Crippen LogP contribution in [-0.4, -0.2) is 42.6 Å². The van der Waals surface area contributed by atoms with Gasteiger partial charge in [-0.25, -0.2) is 0 Å². The maximum Gasteiger partial charge on any atom is 0.247 e. The molecule has 0 unspecified atom stereocenters. The van der Waals surface area contributed by atoms with Crippen LogP contribution in [0.25, 0.3) is 0 Å². The summed E-state index contributed by atoms with van der Waals surface area (Å²) in [7, 11) is 1.71. The molecule has 0 atom stereocenters. The van der Waals surface area contributed by atoms with Gasteiger partial charge in [-0.05, 0) is 12.1 Å². The minimum atomic E-state index is -0.959. The number of amides is 1. The fraction of sp³-hybridized carbons (Fsp3) is 0.462. The largest absolute Gasteiger partial charge is 0.377 e. The van der Waals surface area contributed by atoms with Gasteiger partial charge in [0.05, 0.1) is 19.3 Å². The molecule has 1 fully saturated rings. The number of ether oxygens (including phenoxy) is 1. The molecule has 1 aliphatic heterocycles. The Balaban J connectivity index is 1.91. The molecule has 0 spiro atoms. The smallest absolute Gasteiger partial charge is 0.247 e. The maximum absolute atomic E-state index is 12.1. The van der Waals surface area contributed by atoms with Crippen LogP contribution in [-0.2, 0) is 16.0 Å².